The van der Waals surface area contributed by atoms with E-state index in [1.807, 2.05) is 30.3 Å². The van der Waals surface area contributed by atoms with Gasteiger partial charge in [-0.2, -0.15) is 0 Å². The fraction of sp³-hybridized carbons (Fsp3) is 0. The van der Waals surface area contributed by atoms with Crippen LogP contribution in [0.25, 0.3) is 10.8 Å². The van der Waals surface area contributed by atoms with E-state index in [0.29, 0.717) is 10.4 Å². The minimum absolute atomic E-state index is 0.320. The largest absolute Gasteiger partial charge is 0.279 e. The third-order valence-corrected chi connectivity index (χ3v) is 3.91. The Hall–Kier alpha value is -2.66. The van der Waals surface area contributed by atoms with Gasteiger partial charge >= 0.3 is 0 Å². The number of hydrogen-bond donors (Lipinski definition) is 2. The number of amides is 2. The summed E-state index contributed by atoms with van der Waals surface area (Å²) in [5.74, 6) is -0.662. The Bertz CT molecular complexity index is 797. The molecule has 21 heavy (non-hydrogen) atoms. The molecule has 5 heteroatoms. The Kier molecular flexibility index (Phi) is 3.66. The van der Waals surface area contributed by atoms with Gasteiger partial charge in [0.2, 0.25) is 0 Å². The Labute approximate surface area is 125 Å². The molecule has 0 saturated heterocycles. The van der Waals surface area contributed by atoms with Crippen LogP contribution in [0.4, 0.5) is 0 Å². The van der Waals surface area contributed by atoms with Crippen LogP contribution < -0.4 is 10.9 Å². The molecule has 0 atom stereocenters. The lowest BCUT2D eigenvalue weighted by molar-refractivity contribution is 0.0849. The summed E-state index contributed by atoms with van der Waals surface area (Å²) in [6, 6.07) is 16.7. The second kappa shape index (κ2) is 5.76. The Balaban J connectivity index is 1.70. The van der Waals surface area contributed by atoms with Crippen molar-refractivity contribution in [1.82, 2.24) is 10.9 Å². The van der Waals surface area contributed by atoms with Crippen molar-refractivity contribution < 1.29 is 9.59 Å². The average molecular weight is 296 g/mol. The fourth-order valence-electron chi connectivity index (χ4n) is 1.99. The quantitative estimate of drug-likeness (QED) is 0.714. The molecule has 104 valence electrons. The van der Waals surface area contributed by atoms with E-state index in [1.54, 1.807) is 29.6 Å². The van der Waals surface area contributed by atoms with Crippen LogP contribution in [0.3, 0.4) is 0 Å². The summed E-state index contributed by atoms with van der Waals surface area (Å²) in [5, 5.41) is 3.85. The summed E-state index contributed by atoms with van der Waals surface area (Å²) in [7, 11) is 0. The molecule has 0 aliphatic rings. The molecule has 3 aromatic rings. The molecule has 0 spiro atoms. The first-order chi connectivity index (χ1) is 10.2. The molecule has 2 amide bonds. The lowest BCUT2D eigenvalue weighted by Crippen LogP contribution is -2.41. The lowest BCUT2D eigenvalue weighted by Gasteiger charge is -2.07. The van der Waals surface area contributed by atoms with Gasteiger partial charge in [-0.1, -0.05) is 36.4 Å². The fourth-order valence-corrected chi connectivity index (χ4v) is 2.60. The van der Waals surface area contributed by atoms with Crippen LogP contribution in [0.15, 0.2) is 60.0 Å². The van der Waals surface area contributed by atoms with E-state index >= 15 is 0 Å². The van der Waals surface area contributed by atoms with E-state index in [2.05, 4.69) is 10.9 Å². The second-order valence-electron chi connectivity index (χ2n) is 4.45. The summed E-state index contributed by atoms with van der Waals surface area (Å²) in [4.78, 5) is 24.3. The molecule has 2 N–H and O–H groups in total. The van der Waals surface area contributed by atoms with Gasteiger partial charge in [-0.05, 0) is 34.4 Å². The standard InChI is InChI=1S/C16H12N2O2S/c19-15(17-18-16(20)14-6-3-9-21-14)13-8-7-11-4-1-2-5-12(11)10-13/h1-10H,(H,17,19)(H,18,20). The van der Waals surface area contributed by atoms with Crippen LogP contribution in [0.5, 0.6) is 0 Å². The number of fused-ring (bicyclic) bond motifs is 1. The van der Waals surface area contributed by atoms with Crippen molar-refractivity contribution >= 4 is 33.9 Å². The number of rotatable bonds is 2. The number of hydrogen-bond acceptors (Lipinski definition) is 3. The van der Waals surface area contributed by atoms with Gasteiger partial charge in [-0.3, -0.25) is 20.4 Å². The molecule has 2 aromatic carbocycles. The summed E-state index contributed by atoms with van der Waals surface area (Å²) in [5.41, 5.74) is 5.32. The molecule has 0 saturated carbocycles. The molecule has 4 nitrogen and oxygen atoms in total. The van der Waals surface area contributed by atoms with Crippen LogP contribution in [0.1, 0.15) is 20.0 Å². The highest BCUT2D eigenvalue weighted by Gasteiger charge is 2.09. The summed E-state index contributed by atoms with van der Waals surface area (Å²) < 4.78 is 0. The molecule has 0 unspecified atom stereocenters. The Morgan fingerprint density at radius 2 is 1.57 bits per heavy atom. The first-order valence-electron chi connectivity index (χ1n) is 6.37. The summed E-state index contributed by atoms with van der Waals surface area (Å²) in [6.45, 7) is 0. The third-order valence-electron chi connectivity index (χ3n) is 3.05. The molecule has 0 radical (unpaired) electrons. The van der Waals surface area contributed by atoms with E-state index in [1.165, 1.54) is 11.3 Å². The van der Waals surface area contributed by atoms with E-state index in [4.69, 9.17) is 0 Å². The maximum absolute atomic E-state index is 12.0. The van der Waals surface area contributed by atoms with Gasteiger partial charge in [0.05, 0.1) is 4.88 Å². The van der Waals surface area contributed by atoms with E-state index in [9.17, 15) is 9.59 Å². The highest BCUT2D eigenvalue weighted by Crippen LogP contribution is 2.15. The molecular formula is C16H12N2O2S. The molecule has 0 fully saturated rings. The molecule has 1 heterocycles. The van der Waals surface area contributed by atoms with Gasteiger partial charge in [0.25, 0.3) is 11.8 Å². The number of thiophene rings is 1. The van der Waals surface area contributed by atoms with Crippen LogP contribution in [0, 0.1) is 0 Å². The van der Waals surface area contributed by atoms with E-state index in [0.717, 1.165) is 10.8 Å². The van der Waals surface area contributed by atoms with Gasteiger partial charge in [-0.15, -0.1) is 11.3 Å². The number of hydrazine groups is 1. The van der Waals surface area contributed by atoms with Gasteiger partial charge in [0.1, 0.15) is 0 Å². The zero-order valence-corrected chi connectivity index (χ0v) is 11.8. The SMILES string of the molecule is O=C(NNC(=O)c1cccs1)c1ccc2ccccc2c1. The van der Waals surface area contributed by atoms with Crippen molar-refractivity contribution in [3.8, 4) is 0 Å². The third kappa shape index (κ3) is 2.93. The van der Waals surface area contributed by atoms with Gasteiger partial charge in [-0.25, -0.2) is 0 Å². The summed E-state index contributed by atoms with van der Waals surface area (Å²) >= 11 is 1.32. The van der Waals surface area contributed by atoms with E-state index in [-0.39, 0.29) is 11.8 Å². The molecular weight excluding hydrogens is 284 g/mol. The van der Waals surface area contributed by atoms with Crippen molar-refractivity contribution in [2.75, 3.05) is 0 Å². The first kappa shape index (κ1) is 13.3. The lowest BCUT2D eigenvalue weighted by atomic mass is 10.1. The first-order valence-corrected chi connectivity index (χ1v) is 7.25. The van der Waals surface area contributed by atoms with Crippen LogP contribution in [0.2, 0.25) is 0 Å². The van der Waals surface area contributed by atoms with Crippen molar-refractivity contribution in [1.29, 1.82) is 0 Å². The normalized spacial score (nSPS) is 10.3. The van der Waals surface area contributed by atoms with Crippen molar-refractivity contribution in [2.45, 2.75) is 0 Å². The number of benzene rings is 2. The van der Waals surface area contributed by atoms with Gasteiger partial charge in [0.15, 0.2) is 0 Å². The van der Waals surface area contributed by atoms with Crippen LogP contribution in [-0.2, 0) is 0 Å². The van der Waals surface area contributed by atoms with Gasteiger partial charge < -0.3 is 0 Å². The Morgan fingerprint density at radius 3 is 2.33 bits per heavy atom. The monoisotopic (exact) mass is 296 g/mol. The van der Waals surface area contributed by atoms with Crippen LogP contribution >= 0.6 is 11.3 Å². The maximum atomic E-state index is 12.0. The van der Waals surface area contributed by atoms with Crippen molar-refractivity contribution in [3.05, 3.63) is 70.4 Å². The maximum Gasteiger partial charge on any atom is 0.279 e. The van der Waals surface area contributed by atoms with Gasteiger partial charge in [0, 0.05) is 5.56 Å². The predicted molar refractivity (Wildman–Crippen MR) is 83.2 cm³/mol. The highest BCUT2D eigenvalue weighted by atomic mass is 32.1. The van der Waals surface area contributed by atoms with Crippen LogP contribution in [-0.4, -0.2) is 11.8 Å². The Morgan fingerprint density at radius 1 is 0.810 bits per heavy atom. The zero-order chi connectivity index (χ0) is 14.7. The molecule has 0 aliphatic heterocycles. The molecule has 3 rings (SSSR count). The topological polar surface area (TPSA) is 58.2 Å². The predicted octanol–water partition coefficient (Wildman–Crippen LogP) is 2.98. The molecule has 0 aliphatic carbocycles. The minimum atomic E-state index is -0.342. The molecule has 1 aromatic heterocycles. The van der Waals surface area contributed by atoms with Crippen molar-refractivity contribution in [3.63, 3.8) is 0 Å². The highest BCUT2D eigenvalue weighted by molar-refractivity contribution is 7.12. The second-order valence-corrected chi connectivity index (χ2v) is 5.40. The summed E-state index contributed by atoms with van der Waals surface area (Å²) in [6.07, 6.45) is 0. The number of nitrogens with one attached hydrogen (secondary N) is 2. The molecule has 0 bridgehead atoms. The smallest absolute Gasteiger partial charge is 0.267 e. The number of carbonyl (C=O) groups excluding carboxylic acids is 2. The van der Waals surface area contributed by atoms with Crippen molar-refractivity contribution in [2.24, 2.45) is 0 Å². The number of carbonyl (C=O) groups is 2. The minimum Gasteiger partial charge on any atom is -0.267 e. The average Bonchev–Trinajstić information content (AvgIpc) is 3.06. The van der Waals surface area contributed by atoms with E-state index < -0.39 is 0 Å². The zero-order valence-electron chi connectivity index (χ0n) is 11.0.